The Morgan fingerprint density at radius 2 is 2.04 bits per heavy atom. The molecule has 0 bridgehead atoms. The van der Waals surface area contributed by atoms with E-state index in [1.54, 1.807) is 31.1 Å². The zero-order valence-corrected chi connectivity index (χ0v) is 15.4. The quantitative estimate of drug-likeness (QED) is 0.800. The van der Waals surface area contributed by atoms with Gasteiger partial charge in [-0.3, -0.25) is 9.59 Å². The topological polar surface area (TPSA) is 80.6 Å². The first-order valence-electron chi connectivity index (χ1n) is 8.20. The van der Waals surface area contributed by atoms with Gasteiger partial charge in [-0.15, -0.1) is 5.10 Å². The van der Waals surface area contributed by atoms with Crippen LogP contribution in [0.25, 0.3) is 0 Å². The smallest absolute Gasteiger partial charge is 0.276 e. The fourth-order valence-corrected chi connectivity index (χ4v) is 2.75. The van der Waals surface area contributed by atoms with Crippen LogP contribution in [-0.2, 0) is 16.1 Å². The van der Waals surface area contributed by atoms with Crippen LogP contribution < -0.4 is 0 Å². The van der Waals surface area contributed by atoms with E-state index in [1.807, 2.05) is 12.1 Å². The molecule has 1 aromatic carbocycles. The number of amides is 2. The predicted octanol–water partition coefficient (Wildman–Crippen LogP) is 1.23. The number of hydrogen-bond acceptors (Lipinski definition) is 5. The largest absolute Gasteiger partial charge is 0.370 e. The molecule has 1 aliphatic rings. The third-order valence-corrected chi connectivity index (χ3v) is 4.40. The second-order valence-corrected chi connectivity index (χ2v) is 6.69. The molecule has 1 fully saturated rings. The lowest BCUT2D eigenvalue weighted by molar-refractivity contribution is -0.129. The Hall–Kier alpha value is -2.45. The number of ether oxygens (including phenoxy) is 1. The number of benzene rings is 1. The normalized spacial score (nSPS) is 17.2. The molecule has 2 amide bonds. The van der Waals surface area contributed by atoms with E-state index in [2.05, 4.69) is 10.3 Å². The molecule has 2 heterocycles. The van der Waals surface area contributed by atoms with Crippen LogP contribution in [0.4, 0.5) is 0 Å². The third-order valence-electron chi connectivity index (χ3n) is 4.15. The lowest BCUT2D eigenvalue weighted by atomic mass is 10.1. The van der Waals surface area contributed by atoms with Crippen LogP contribution in [0.5, 0.6) is 0 Å². The molecule has 1 aromatic heterocycles. The molecule has 0 saturated carbocycles. The van der Waals surface area contributed by atoms with Crippen molar-refractivity contribution in [3.63, 3.8) is 0 Å². The molecule has 1 saturated heterocycles. The van der Waals surface area contributed by atoms with Crippen molar-refractivity contribution in [2.24, 2.45) is 0 Å². The molecule has 138 valence electrons. The summed E-state index contributed by atoms with van der Waals surface area (Å²) in [6, 6.07) is 7.39. The number of nitrogens with zero attached hydrogens (tertiary/aromatic N) is 5. The highest BCUT2D eigenvalue weighted by molar-refractivity contribution is 6.30. The maximum absolute atomic E-state index is 12.7. The summed E-state index contributed by atoms with van der Waals surface area (Å²) >= 11 is 5.92. The zero-order chi connectivity index (χ0) is 18.7. The number of carbonyl (C=O) groups excluding carboxylic acids is 2. The average molecular weight is 378 g/mol. The second kappa shape index (κ2) is 7.84. The van der Waals surface area contributed by atoms with Gasteiger partial charge in [-0.25, -0.2) is 4.68 Å². The third kappa shape index (κ3) is 4.20. The fraction of sp³-hybridized carbons (Fsp3) is 0.412. The van der Waals surface area contributed by atoms with Crippen LogP contribution >= 0.6 is 11.6 Å². The molecule has 8 nitrogen and oxygen atoms in total. The maximum atomic E-state index is 12.7. The molecule has 0 radical (unpaired) electrons. The highest BCUT2D eigenvalue weighted by Crippen LogP contribution is 2.24. The summed E-state index contributed by atoms with van der Waals surface area (Å²) < 4.78 is 7.14. The van der Waals surface area contributed by atoms with Crippen LogP contribution in [-0.4, -0.2) is 70.4 Å². The van der Waals surface area contributed by atoms with Gasteiger partial charge in [0.1, 0.15) is 12.6 Å². The van der Waals surface area contributed by atoms with Crippen molar-refractivity contribution < 1.29 is 14.3 Å². The van der Waals surface area contributed by atoms with Gasteiger partial charge in [-0.2, -0.15) is 0 Å². The first-order chi connectivity index (χ1) is 12.4. The standard InChI is InChI=1S/C17H20ClN5O3/c1-21(2)16(24)11-23-9-14(19-20-23)17(25)22-7-8-26-15(10-22)12-3-5-13(18)6-4-12/h3-6,9,15H,7-8,10-11H2,1-2H3. The summed E-state index contributed by atoms with van der Waals surface area (Å²) in [6.07, 6.45) is 1.28. The Kier molecular flexibility index (Phi) is 5.53. The average Bonchev–Trinajstić information content (AvgIpc) is 3.10. The minimum atomic E-state index is -0.226. The maximum Gasteiger partial charge on any atom is 0.276 e. The minimum Gasteiger partial charge on any atom is -0.370 e. The van der Waals surface area contributed by atoms with Crippen molar-refractivity contribution in [2.75, 3.05) is 33.8 Å². The Morgan fingerprint density at radius 1 is 1.31 bits per heavy atom. The van der Waals surface area contributed by atoms with Crippen LogP contribution in [0.3, 0.4) is 0 Å². The van der Waals surface area contributed by atoms with Gasteiger partial charge in [0.15, 0.2) is 5.69 Å². The number of carbonyl (C=O) groups is 2. The molecule has 1 atom stereocenters. The zero-order valence-electron chi connectivity index (χ0n) is 14.6. The van der Waals surface area contributed by atoms with E-state index in [0.29, 0.717) is 24.7 Å². The minimum absolute atomic E-state index is 0.0454. The number of hydrogen-bond donors (Lipinski definition) is 0. The molecule has 2 aromatic rings. The van der Waals surface area contributed by atoms with Crippen LogP contribution in [0.2, 0.25) is 5.02 Å². The first kappa shape index (κ1) is 18.3. The van der Waals surface area contributed by atoms with Crippen LogP contribution in [0.1, 0.15) is 22.2 Å². The molecule has 3 rings (SSSR count). The van der Waals surface area contributed by atoms with Crippen molar-refractivity contribution in [3.05, 3.63) is 46.7 Å². The predicted molar refractivity (Wildman–Crippen MR) is 94.8 cm³/mol. The number of rotatable bonds is 4. The SMILES string of the molecule is CN(C)C(=O)Cn1cc(C(=O)N2CCOC(c3ccc(Cl)cc3)C2)nn1. The van der Waals surface area contributed by atoms with E-state index < -0.39 is 0 Å². The Balaban J connectivity index is 1.66. The highest BCUT2D eigenvalue weighted by Gasteiger charge is 2.27. The summed E-state index contributed by atoms with van der Waals surface area (Å²) in [5.41, 5.74) is 1.18. The van der Waals surface area contributed by atoms with Gasteiger partial charge >= 0.3 is 0 Å². The van der Waals surface area contributed by atoms with Gasteiger partial charge in [0.2, 0.25) is 5.91 Å². The first-order valence-corrected chi connectivity index (χ1v) is 8.58. The summed E-state index contributed by atoms with van der Waals surface area (Å²) in [7, 11) is 3.33. The monoisotopic (exact) mass is 377 g/mol. The lowest BCUT2D eigenvalue weighted by Gasteiger charge is -2.32. The van der Waals surface area contributed by atoms with Crippen molar-refractivity contribution >= 4 is 23.4 Å². The summed E-state index contributed by atoms with van der Waals surface area (Å²) in [5.74, 6) is -0.348. The number of aromatic nitrogens is 3. The van der Waals surface area contributed by atoms with Crippen molar-refractivity contribution in [2.45, 2.75) is 12.6 Å². The van der Waals surface area contributed by atoms with E-state index >= 15 is 0 Å². The number of halogens is 1. The summed E-state index contributed by atoms with van der Waals surface area (Å²) in [5, 5.41) is 8.43. The van der Waals surface area contributed by atoms with Gasteiger partial charge in [0.25, 0.3) is 5.91 Å². The lowest BCUT2D eigenvalue weighted by Crippen LogP contribution is -2.42. The summed E-state index contributed by atoms with van der Waals surface area (Å²) in [4.78, 5) is 27.6. The van der Waals surface area contributed by atoms with E-state index in [0.717, 1.165) is 5.56 Å². The molecular formula is C17H20ClN5O3. The molecule has 0 N–H and O–H groups in total. The Morgan fingerprint density at radius 3 is 2.73 bits per heavy atom. The van der Waals surface area contributed by atoms with Gasteiger partial charge in [0.05, 0.1) is 19.3 Å². The molecule has 0 spiro atoms. The van der Waals surface area contributed by atoms with Gasteiger partial charge in [-0.05, 0) is 17.7 Å². The molecular weight excluding hydrogens is 358 g/mol. The second-order valence-electron chi connectivity index (χ2n) is 6.25. The molecule has 1 aliphatic heterocycles. The van der Waals surface area contributed by atoms with E-state index in [1.165, 1.54) is 15.8 Å². The van der Waals surface area contributed by atoms with Gasteiger partial charge in [0, 0.05) is 25.7 Å². The van der Waals surface area contributed by atoms with E-state index in [-0.39, 0.29) is 30.2 Å². The molecule has 1 unspecified atom stereocenters. The fourth-order valence-electron chi connectivity index (χ4n) is 2.63. The van der Waals surface area contributed by atoms with E-state index in [4.69, 9.17) is 16.3 Å². The number of likely N-dealkylation sites (N-methyl/N-ethyl adjacent to an activating group) is 1. The van der Waals surface area contributed by atoms with E-state index in [9.17, 15) is 9.59 Å². The van der Waals surface area contributed by atoms with Gasteiger partial charge < -0.3 is 14.5 Å². The molecule has 9 heteroatoms. The van der Waals surface area contributed by atoms with Crippen molar-refractivity contribution in [3.8, 4) is 0 Å². The van der Waals surface area contributed by atoms with Crippen LogP contribution in [0.15, 0.2) is 30.5 Å². The molecule has 26 heavy (non-hydrogen) atoms. The number of morpholine rings is 1. The summed E-state index contributed by atoms with van der Waals surface area (Å²) in [6.45, 7) is 1.38. The van der Waals surface area contributed by atoms with Crippen molar-refractivity contribution in [1.82, 2.24) is 24.8 Å². The highest BCUT2D eigenvalue weighted by atomic mass is 35.5. The Labute approximate surface area is 156 Å². The molecule has 0 aliphatic carbocycles. The van der Waals surface area contributed by atoms with Crippen molar-refractivity contribution in [1.29, 1.82) is 0 Å². The Bertz CT molecular complexity index is 790. The van der Waals surface area contributed by atoms with Crippen LogP contribution in [0, 0.1) is 0 Å². The van der Waals surface area contributed by atoms with Gasteiger partial charge in [-0.1, -0.05) is 28.9 Å².